The second kappa shape index (κ2) is 22.0. The number of ether oxygens (including phenoxy) is 7. The molecule has 10 rings (SSSR count). The van der Waals surface area contributed by atoms with E-state index >= 15 is 4.79 Å². The average molecular weight is 1160 g/mol. The summed E-state index contributed by atoms with van der Waals surface area (Å²) in [5.41, 5.74) is -1.91. The SMILES string of the molecule is COC(=O)[C@@H]1CCCN1C(=O)[C@H]1O[C@@H](O[C@H]2[C@@H](O[C@H]3CC[C@]4(C)[C@H]5C(=O)C=C6[C@@H]7C[C@@](C)(C(=O)N8CCC[C@H]8C(=O)OC)CC[C@]7(C)CC[C@@]6(C)[C@]5(C)CC[C@H]4C3(C)C)O[C@H](C(=O)N3CCC[C@H]3C(=O)OC)[C@@H](O)[C@@H]2O)[C@H](O)[C@@H](O)[C@@H]1O. The molecule has 22 heteroatoms. The van der Waals surface area contributed by atoms with Crippen LogP contribution in [0.5, 0.6) is 0 Å². The van der Waals surface area contributed by atoms with E-state index in [2.05, 4.69) is 41.5 Å². The highest BCUT2D eigenvalue weighted by molar-refractivity contribution is 5.96. The minimum Gasteiger partial charge on any atom is -0.467 e. The quantitative estimate of drug-likeness (QED) is 0.119. The molecule has 0 aromatic carbocycles. The predicted molar refractivity (Wildman–Crippen MR) is 287 cm³/mol. The number of methoxy groups -OCH3 is 3. The zero-order valence-corrected chi connectivity index (χ0v) is 49.4. The van der Waals surface area contributed by atoms with E-state index in [9.17, 15) is 54.3 Å². The van der Waals surface area contributed by atoms with E-state index in [1.807, 2.05) is 13.0 Å². The van der Waals surface area contributed by atoms with Gasteiger partial charge in [0.05, 0.1) is 27.4 Å². The van der Waals surface area contributed by atoms with E-state index in [-0.39, 0.29) is 60.3 Å². The molecular weight excluding hydrogens is 1070 g/mol. The van der Waals surface area contributed by atoms with Crippen molar-refractivity contribution in [3.8, 4) is 0 Å². The van der Waals surface area contributed by atoms with Crippen molar-refractivity contribution in [3.05, 3.63) is 11.6 Å². The van der Waals surface area contributed by atoms with Gasteiger partial charge >= 0.3 is 17.9 Å². The molecule has 10 aliphatic rings. The molecule has 0 unspecified atom stereocenters. The standard InChI is InChI=1S/C60H89N3O19/c1-55(2)36-17-20-60(7)46(35(64)28-30-31-29-57(4,22-21-56(31,3)23-24-59(30,60)6)54(75)63-27-13-16-34(63)51(74)78-10)58(36,5)19-18-37(55)79-53-45(41(68)40(67)44(81-53)48(71)62-26-12-15-33(62)50(73)77-9)82-52-42(69)38(65)39(66)43(80-52)47(70)61-25-11-14-32(61)49(72)76-8/h28,31-34,36-46,52-53,65-69H,11-27,29H2,1-10H3/t31-,32-,33-,34-,36-,37-,38-,39-,40-,41-,42+,43-,44-,45+,46+,52-,53-,56+,57-,58-,59+,60+/m0/s1. The van der Waals surface area contributed by atoms with Crippen LogP contribution >= 0.6 is 0 Å². The fraction of sp³-hybridized carbons (Fsp3) is 0.850. The van der Waals surface area contributed by atoms with E-state index in [0.717, 1.165) is 36.2 Å². The first-order chi connectivity index (χ1) is 38.6. The molecule has 3 amide bonds. The number of amides is 3. The highest BCUT2D eigenvalue weighted by atomic mass is 16.8. The van der Waals surface area contributed by atoms with Crippen molar-refractivity contribution >= 4 is 41.4 Å². The first-order valence-electron chi connectivity index (χ1n) is 30.0. The Bertz CT molecular complexity index is 2580. The Morgan fingerprint density at radius 2 is 1.09 bits per heavy atom. The highest BCUT2D eigenvalue weighted by Gasteiger charge is 2.71. The molecule has 5 saturated heterocycles. The third-order valence-corrected chi connectivity index (χ3v) is 23.2. The lowest BCUT2D eigenvalue weighted by atomic mass is 9.33. The van der Waals surface area contributed by atoms with Gasteiger partial charge in [-0.3, -0.25) is 19.2 Å². The van der Waals surface area contributed by atoms with Crippen molar-refractivity contribution in [2.75, 3.05) is 41.0 Å². The third kappa shape index (κ3) is 9.47. The Morgan fingerprint density at radius 3 is 1.65 bits per heavy atom. The van der Waals surface area contributed by atoms with E-state index in [4.69, 9.17) is 33.2 Å². The van der Waals surface area contributed by atoms with Gasteiger partial charge in [-0.2, -0.15) is 0 Å². The number of aliphatic hydroxyl groups excluding tert-OH is 5. The van der Waals surface area contributed by atoms with E-state index in [1.54, 1.807) is 4.90 Å². The molecule has 5 N–H and O–H groups in total. The number of likely N-dealkylation sites (tertiary alicyclic amines) is 3. The number of ketones is 1. The minimum atomic E-state index is -2.05. The fourth-order valence-corrected chi connectivity index (χ4v) is 18.3. The number of carbonyl (C=O) groups is 7. The lowest BCUT2D eigenvalue weighted by Crippen LogP contribution is -2.69. The van der Waals surface area contributed by atoms with Crippen LogP contribution in [0.25, 0.3) is 0 Å². The van der Waals surface area contributed by atoms with Crippen LogP contribution in [0.4, 0.5) is 0 Å². The number of fused-ring (bicyclic) bond motifs is 7. The van der Waals surface area contributed by atoms with Gasteiger partial charge in [0.15, 0.2) is 30.6 Å². The summed E-state index contributed by atoms with van der Waals surface area (Å²) in [5, 5.41) is 57.9. The molecule has 4 saturated carbocycles. The third-order valence-electron chi connectivity index (χ3n) is 23.2. The Balaban J connectivity index is 0.931. The number of aliphatic hydroxyl groups is 5. The van der Waals surface area contributed by atoms with Crippen molar-refractivity contribution in [1.29, 1.82) is 0 Å². The molecular formula is C60H89N3O19. The van der Waals surface area contributed by atoms with Crippen molar-refractivity contribution in [2.24, 2.45) is 50.2 Å². The van der Waals surface area contributed by atoms with Gasteiger partial charge in [-0.25, -0.2) is 14.4 Å². The number of carbonyl (C=O) groups excluding carboxylic acids is 7. The van der Waals surface area contributed by atoms with Crippen molar-refractivity contribution < 1.29 is 92.3 Å². The summed E-state index contributed by atoms with van der Waals surface area (Å²) >= 11 is 0. The number of esters is 3. The molecule has 82 heavy (non-hydrogen) atoms. The highest BCUT2D eigenvalue weighted by Crippen LogP contribution is 2.75. The van der Waals surface area contributed by atoms with Crippen LogP contribution in [0.2, 0.25) is 0 Å². The molecule has 0 aromatic rings. The molecule has 0 radical (unpaired) electrons. The summed E-state index contributed by atoms with van der Waals surface area (Å²) in [5.74, 6) is -3.98. The zero-order chi connectivity index (χ0) is 59.6. The summed E-state index contributed by atoms with van der Waals surface area (Å²) in [4.78, 5) is 101. The monoisotopic (exact) mass is 1160 g/mol. The molecule has 5 aliphatic carbocycles. The Kier molecular flexibility index (Phi) is 16.3. The number of hydrogen-bond donors (Lipinski definition) is 5. The normalized spacial score (nSPS) is 46.1. The zero-order valence-electron chi connectivity index (χ0n) is 49.4. The van der Waals surface area contributed by atoms with Crippen molar-refractivity contribution in [2.45, 2.75) is 230 Å². The van der Waals surface area contributed by atoms with Gasteiger partial charge < -0.3 is 73.4 Å². The second-order valence-corrected chi connectivity index (χ2v) is 27.7. The summed E-state index contributed by atoms with van der Waals surface area (Å²) < 4.78 is 40.7. The molecule has 0 spiro atoms. The molecule has 0 aromatic heterocycles. The van der Waals surface area contributed by atoms with Crippen molar-refractivity contribution in [3.63, 3.8) is 0 Å². The van der Waals surface area contributed by atoms with Gasteiger partial charge in [0.25, 0.3) is 11.8 Å². The van der Waals surface area contributed by atoms with Crippen LogP contribution in [0.3, 0.4) is 0 Å². The van der Waals surface area contributed by atoms with Gasteiger partial charge in [0.2, 0.25) is 5.91 Å². The van der Waals surface area contributed by atoms with Gasteiger partial charge in [-0.1, -0.05) is 54.0 Å². The summed E-state index contributed by atoms with van der Waals surface area (Å²) in [7, 11) is 3.74. The first-order valence-corrected chi connectivity index (χ1v) is 30.0. The summed E-state index contributed by atoms with van der Waals surface area (Å²) in [6, 6.07) is -2.60. The van der Waals surface area contributed by atoms with Gasteiger partial charge in [-0.15, -0.1) is 0 Å². The smallest absolute Gasteiger partial charge is 0.328 e. The molecule has 0 bridgehead atoms. The maximum atomic E-state index is 15.5. The average Bonchev–Trinajstić information content (AvgIpc) is 0.862. The number of hydrogen-bond acceptors (Lipinski definition) is 19. The Labute approximate surface area is 480 Å². The van der Waals surface area contributed by atoms with Crippen LogP contribution in [0.15, 0.2) is 11.6 Å². The van der Waals surface area contributed by atoms with E-state index in [0.29, 0.717) is 64.3 Å². The minimum absolute atomic E-state index is 0.0214. The largest absolute Gasteiger partial charge is 0.467 e. The first kappa shape index (κ1) is 61.0. The maximum Gasteiger partial charge on any atom is 0.328 e. The molecule has 5 aliphatic heterocycles. The van der Waals surface area contributed by atoms with Crippen LogP contribution in [0.1, 0.15) is 145 Å². The van der Waals surface area contributed by atoms with Crippen LogP contribution < -0.4 is 0 Å². The molecule has 22 nitrogen and oxygen atoms in total. The lowest BCUT2D eigenvalue weighted by Gasteiger charge is -2.70. The fourth-order valence-electron chi connectivity index (χ4n) is 18.3. The van der Waals surface area contributed by atoms with Gasteiger partial charge in [-0.05, 0) is 141 Å². The van der Waals surface area contributed by atoms with Crippen LogP contribution in [0, 0.1) is 50.2 Å². The number of allylic oxidation sites excluding steroid dienone is 2. The summed E-state index contributed by atoms with van der Waals surface area (Å²) in [6.45, 7) is 16.1. The van der Waals surface area contributed by atoms with E-state index < -0.39 is 143 Å². The topological polar surface area (TPSA) is 295 Å². The Morgan fingerprint density at radius 1 is 0.573 bits per heavy atom. The molecule has 458 valence electrons. The van der Waals surface area contributed by atoms with Crippen LogP contribution in [-0.2, 0) is 66.7 Å². The second-order valence-electron chi connectivity index (χ2n) is 27.7. The molecule has 22 atom stereocenters. The van der Waals surface area contributed by atoms with Crippen LogP contribution in [-0.4, -0.2) is 208 Å². The number of nitrogens with zero attached hydrogens (tertiary/aromatic N) is 3. The Hall–Kier alpha value is -4.13. The molecule has 9 fully saturated rings. The predicted octanol–water partition coefficient (Wildman–Crippen LogP) is 2.48. The van der Waals surface area contributed by atoms with Crippen molar-refractivity contribution in [1.82, 2.24) is 14.7 Å². The maximum absolute atomic E-state index is 15.5. The number of rotatable bonds is 10. The van der Waals surface area contributed by atoms with Gasteiger partial charge in [0.1, 0.15) is 54.7 Å². The molecule has 5 heterocycles. The lowest BCUT2D eigenvalue weighted by molar-refractivity contribution is -0.370. The van der Waals surface area contributed by atoms with Gasteiger partial charge in [0, 0.05) is 31.0 Å². The summed E-state index contributed by atoms with van der Waals surface area (Å²) in [6.07, 6.45) is -9.16. The van der Waals surface area contributed by atoms with E-state index in [1.165, 1.54) is 26.2 Å².